The maximum atomic E-state index is 13.3. The van der Waals surface area contributed by atoms with E-state index < -0.39 is 29.6 Å². The van der Waals surface area contributed by atoms with E-state index in [2.05, 4.69) is 54.8 Å². The first-order valence-corrected chi connectivity index (χ1v) is 19.0. The Morgan fingerprint density at radius 1 is 0.911 bits per heavy atom. The molecule has 2 heterocycles. The van der Waals surface area contributed by atoms with Crippen molar-refractivity contribution in [3.63, 3.8) is 0 Å². The lowest BCUT2D eigenvalue weighted by Gasteiger charge is -2.40. The van der Waals surface area contributed by atoms with Crippen LogP contribution in [0, 0.1) is 0 Å². The molecule has 56 heavy (non-hydrogen) atoms. The van der Waals surface area contributed by atoms with Gasteiger partial charge in [-0.3, -0.25) is 24.8 Å². The van der Waals surface area contributed by atoms with Crippen molar-refractivity contribution in [2.75, 3.05) is 57.8 Å². The lowest BCUT2D eigenvalue weighted by atomic mass is 9.99. The summed E-state index contributed by atoms with van der Waals surface area (Å²) in [6.45, 7) is 8.38. The predicted octanol–water partition coefficient (Wildman–Crippen LogP) is 3.56. The number of aromatic nitrogens is 2. The first-order chi connectivity index (χ1) is 26.6. The Kier molecular flexibility index (Phi) is 15.8. The third-order valence-electron chi connectivity index (χ3n) is 8.96. The van der Waals surface area contributed by atoms with E-state index in [4.69, 9.17) is 38.3 Å². The Morgan fingerprint density at radius 2 is 1.55 bits per heavy atom. The van der Waals surface area contributed by atoms with Crippen LogP contribution in [-0.2, 0) is 31.9 Å². The van der Waals surface area contributed by atoms with Crippen molar-refractivity contribution in [2.24, 2.45) is 10.7 Å². The number of halogens is 1. The minimum atomic E-state index is -0.684. The van der Waals surface area contributed by atoms with Crippen molar-refractivity contribution < 1.29 is 28.7 Å². The number of hydrogen-bond acceptors (Lipinski definition) is 12. The second-order valence-corrected chi connectivity index (χ2v) is 14.8. The van der Waals surface area contributed by atoms with E-state index in [1.165, 1.54) is 12.7 Å². The van der Waals surface area contributed by atoms with Crippen LogP contribution in [0.5, 0.6) is 0 Å². The first-order valence-electron chi connectivity index (χ1n) is 18.6. The number of carbonyl (C=O) groups is 4. The molecule has 0 radical (unpaired) electrons. The molecule has 1 saturated heterocycles. The summed E-state index contributed by atoms with van der Waals surface area (Å²) in [5, 5.41) is 5.05. The van der Waals surface area contributed by atoms with Crippen molar-refractivity contribution in [1.29, 1.82) is 0 Å². The Bertz CT molecular complexity index is 1850. The van der Waals surface area contributed by atoms with Gasteiger partial charge in [0.05, 0.1) is 7.11 Å². The average Bonchev–Trinajstić information content (AvgIpc) is 3.16. The number of unbranched alkanes of at least 4 members (excludes halogenated alkanes) is 1. The van der Waals surface area contributed by atoms with Gasteiger partial charge >= 0.3 is 12.1 Å². The van der Waals surface area contributed by atoms with Gasteiger partial charge in [-0.05, 0) is 81.7 Å². The summed E-state index contributed by atoms with van der Waals surface area (Å²) in [4.78, 5) is 65.9. The van der Waals surface area contributed by atoms with Crippen molar-refractivity contribution in [3.8, 4) is 11.1 Å². The molecule has 8 N–H and O–H groups in total. The number of ether oxygens (including phenoxy) is 2. The Balaban J connectivity index is 1.17. The molecule has 0 bridgehead atoms. The van der Waals surface area contributed by atoms with E-state index in [0.29, 0.717) is 52.1 Å². The number of nitrogen functional groups attached to an aromatic ring is 2. The lowest BCUT2D eigenvalue weighted by Crippen LogP contribution is -2.58. The monoisotopic (exact) mass is 792 g/mol. The zero-order valence-corrected chi connectivity index (χ0v) is 33.2. The van der Waals surface area contributed by atoms with Crippen LogP contribution in [0.15, 0.2) is 53.5 Å². The number of hydrogen-bond donors (Lipinski definition) is 5. The number of aliphatic imine (C=N–C) groups is 1. The Labute approximate surface area is 332 Å². The van der Waals surface area contributed by atoms with Crippen LogP contribution in [0.1, 0.15) is 68.1 Å². The number of benzene rings is 2. The van der Waals surface area contributed by atoms with Gasteiger partial charge in [0.2, 0.25) is 5.91 Å². The van der Waals surface area contributed by atoms with Crippen molar-refractivity contribution >= 4 is 53.1 Å². The van der Waals surface area contributed by atoms with Gasteiger partial charge in [-0.15, -0.1) is 0 Å². The van der Waals surface area contributed by atoms with Gasteiger partial charge in [0, 0.05) is 39.1 Å². The minimum absolute atomic E-state index is 0.0626. The number of esters is 1. The van der Waals surface area contributed by atoms with Crippen LogP contribution in [0.3, 0.4) is 0 Å². The van der Waals surface area contributed by atoms with E-state index in [9.17, 15) is 19.2 Å². The fraction of sp³-hybridized carbons (Fsp3) is 0.462. The molecule has 1 aliphatic heterocycles. The van der Waals surface area contributed by atoms with Gasteiger partial charge < -0.3 is 36.9 Å². The normalized spacial score (nSPS) is 14.9. The third kappa shape index (κ3) is 13.4. The molecule has 1 atom stereocenters. The molecule has 0 unspecified atom stereocenters. The largest absolute Gasteiger partial charge is 0.467 e. The highest BCUT2D eigenvalue weighted by Crippen LogP contribution is 2.23. The van der Waals surface area contributed by atoms with Gasteiger partial charge in [0.15, 0.2) is 28.4 Å². The second-order valence-electron chi connectivity index (χ2n) is 14.4. The standard InChI is InChI=1S/C39H53ClN10O6/c1-39(2,3)56-38(54)45-20-7-21-49-22-23-50(29(24-49)36(53)55-4)30(51)18-13-26-11-16-28(17-12-26)27-14-9-25(10-15-27)8-5-6-19-44-37(43)48-35(52)31-33(41)47-34(42)32(40)46-31/h9-12,14-17,29H,5-8,13,18-24H2,1-4H3,(H,45,54)(H4,41,42,47)(H3,43,44,48,52)/t29-/m1/s1. The fourth-order valence-corrected chi connectivity index (χ4v) is 6.20. The summed E-state index contributed by atoms with van der Waals surface area (Å²) in [7, 11) is 1.33. The molecule has 3 aromatic rings. The third-order valence-corrected chi connectivity index (χ3v) is 9.24. The van der Waals surface area contributed by atoms with E-state index in [0.717, 1.165) is 36.0 Å². The van der Waals surface area contributed by atoms with Crippen molar-refractivity contribution in [1.82, 2.24) is 30.4 Å². The van der Waals surface area contributed by atoms with E-state index in [-0.39, 0.29) is 40.8 Å². The van der Waals surface area contributed by atoms with Gasteiger partial charge in [-0.25, -0.2) is 19.6 Å². The molecule has 1 aromatic heterocycles. The van der Waals surface area contributed by atoms with Crippen LogP contribution in [0.2, 0.25) is 5.15 Å². The highest BCUT2D eigenvalue weighted by atomic mass is 35.5. The van der Waals surface area contributed by atoms with E-state index in [1.54, 1.807) is 4.90 Å². The molecular formula is C39H53ClN10O6. The summed E-state index contributed by atoms with van der Waals surface area (Å²) in [5.74, 6) is -1.51. The van der Waals surface area contributed by atoms with Gasteiger partial charge in [0.25, 0.3) is 5.91 Å². The number of nitrogens with zero attached hydrogens (tertiary/aromatic N) is 5. The fourth-order valence-electron chi connectivity index (χ4n) is 6.07. The molecule has 16 nitrogen and oxygen atoms in total. The molecule has 2 aromatic carbocycles. The molecule has 4 rings (SSSR count). The summed E-state index contributed by atoms with van der Waals surface area (Å²) in [6, 6.07) is 15.8. The van der Waals surface area contributed by atoms with Crippen LogP contribution in [0.4, 0.5) is 16.4 Å². The number of carbonyl (C=O) groups excluding carboxylic acids is 4. The smallest absolute Gasteiger partial charge is 0.407 e. The highest BCUT2D eigenvalue weighted by molar-refractivity contribution is 6.31. The topological polar surface area (TPSA) is 233 Å². The molecule has 17 heteroatoms. The second kappa shape index (κ2) is 20.4. The molecule has 0 aliphatic carbocycles. The zero-order chi connectivity index (χ0) is 40.8. The van der Waals surface area contributed by atoms with Crippen LogP contribution < -0.4 is 27.8 Å². The Morgan fingerprint density at radius 3 is 2.18 bits per heavy atom. The quantitative estimate of drug-likeness (QED) is 0.0644. The minimum Gasteiger partial charge on any atom is -0.467 e. The first kappa shape index (κ1) is 43.3. The molecule has 302 valence electrons. The number of methoxy groups -OCH3 is 1. The van der Waals surface area contributed by atoms with Gasteiger partial charge in [0.1, 0.15) is 11.6 Å². The summed E-state index contributed by atoms with van der Waals surface area (Å²) in [6.07, 6.45) is 3.52. The van der Waals surface area contributed by atoms with Crippen molar-refractivity contribution in [3.05, 3.63) is 70.5 Å². The lowest BCUT2D eigenvalue weighted by molar-refractivity contribution is -0.156. The van der Waals surface area contributed by atoms with E-state index in [1.807, 2.05) is 45.0 Å². The van der Waals surface area contributed by atoms with Crippen LogP contribution in [0.25, 0.3) is 11.1 Å². The molecular weight excluding hydrogens is 740 g/mol. The number of nitrogens with two attached hydrogens (primary N) is 3. The maximum absolute atomic E-state index is 13.3. The molecule has 1 fully saturated rings. The number of guanidine groups is 1. The average molecular weight is 793 g/mol. The Hall–Kier alpha value is -5.48. The number of anilines is 2. The number of nitrogens with one attached hydrogen (secondary N) is 2. The number of alkyl carbamates (subject to hydrolysis) is 1. The molecule has 0 spiro atoms. The highest BCUT2D eigenvalue weighted by Gasteiger charge is 2.35. The molecule has 3 amide bonds. The number of amides is 3. The van der Waals surface area contributed by atoms with Gasteiger partial charge in [-0.1, -0.05) is 60.1 Å². The van der Waals surface area contributed by atoms with Crippen LogP contribution >= 0.6 is 11.6 Å². The number of piperazine rings is 1. The number of aryl methyl sites for hydroxylation is 2. The summed E-state index contributed by atoms with van der Waals surface area (Å²) >= 11 is 5.84. The van der Waals surface area contributed by atoms with Gasteiger partial charge in [-0.2, -0.15) is 0 Å². The van der Waals surface area contributed by atoms with E-state index >= 15 is 0 Å². The van der Waals surface area contributed by atoms with Crippen molar-refractivity contribution in [2.45, 2.75) is 70.9 Å². The number of rotatable bonds is 15. The molecule has 0 saturated carbocycles. The summed E-state index contributed by atoms with van der Waals surface area (Å²) < 4.78 is 10.3. The zero-order valence-electron chi connectivity index (χ0n) is 32.5. The summed E-state index contributed by atoms with van der Waals surface area (Å²) in [5.41, 5.74) is 20.7. The maximum Gasteiger partial charge on any atom is 0.407 e. The predicted molar refractivity (Wildman–Crippen MR) is 216 cm³/mol. The SMILES string of the molecule is COC(=O)[C@H]1CN(CCCNC(=O)OC(C)(C)C)CCN1C(=O)CCc1ccc(-c2ccc(CCCCN=C(N)NC(=O)c3nc(Cl)c(N)nc3N)cc2)cc1. The molecule has 1 aliphatic rings. The van der Waals surface area contributed by atoms with Crippen LogP contribution in [-0.4, -0.2) is 108 Å².